The third-order valence-corrected chi connectivity index (χ3v) is 4.42. The van der Waals surface area contributed by atoms with Crippen molar-refractivity contribution in [1.82, 2.24) is 4.90 Å². The van der Waals surface area contributed by atoms with Gasteiger partial charge in [0.25, 0.3) is 0 Å². The van der Waals surface area contributed by atoms with Gasteiger partial charge >= 0.3 is 0 Å². The number of methoxy groups -OCH3 is 1. The summed E-state index contributed by atoms with van der Waals surface area (Å²) < 4.78 is 5.38. The van der Waals surface area contributed by atoms with Crippen molar-refractivity contribution in [2.45, 2.75) is 25.7 Å². The highest BCUT2D eigenvalue weighted by Gasteiger charge is 2.48. The predicted octanol–water partition coefficient (Wildman–Crippen LogP) is 1.89. The molecule has 16 heavy (non-hydrogen) atoms. The lowest BCUT2D eigenvalue weighted by molar-refractivity contribution is -0.128. The van der Waals surface area contributed by atoms with Gasteiger partial charge in [-0.3, -0.25) is 4.79 Å². The molecule has 0 aromatic carbocycles. The van der Waals surface area contributed by atoms with Crippen LogP contribution in [0.15, 0.2) is 0 Å². The molecule has 1 aliphatic carbocycles. The summed E-state index contributed by atoms with van der Waals surface area (Å²) in [4.78, 5) is 13.6. The zero-order valence-corrected chi connectivity index (χ0v) is 10.6. The molecule has 1 heterocycles. The molecule has 3 nitrogen and oxygen atoms in total. The third-order valence-electron chi connectivity index (χ3n) is 4.19. The van der Waals surface area contributed by atoms with E-state index in [-0.39, 0.29) is 17.2 Å². The predicted molar refractivity (Wildman–Crippen MR) is 63.6 cm³/mol. The fourth-order valence-electron chi connectivity index (χ4n) is 3.38. The number of carbonyl (C=O) groups excluding carboxylic acids is 1. The number of fused-ring (bicyclic) bond motifs is 1. The Morgan fingerprint density at radius 1 is 1.56 bits per heavy atom. The van der Waals surface area contributed by atoms with Crippen molar-refractivity contribution in [2.24, 2.45) is 11.3 Å². The van der Waals surface area contributed by atoms with Crippen molar-refractivity contribution in [3.05, 3.63) is 0 Å². The maximum Gasteiger partial charge on any atom is 0.237 e. The van der Waals surface area contributed by atoms with Crippen molar-refractivity contribution in [1.29, 1.82) is 0 Å². The molecule has 2 atom stereocenters. The molecule has 0 N–H and O–H groups in total. The van der Waals surface area contributed by atoms with Crippen molar-refractivity contribution in [2.75, 3.05) is 32.7 Å². The Hall–Kier alpha value is -0.280. The van der Waals surface area contributed by atoms with E-state index in [4.69, 9.17) is 16.3 Å². The van der Waals surface area contributed by atoms with Crippen LogP contribution in [0.2, 0.25) is 0 Å². The second-order valence-corrected chi connectivity index (χ2v) is 5.41. The minimum atomic E-state index is 0.0755. The molecule has 0 radical (unpaired) electrons. The molecule has 2 rings (SSSR count). The molecule has 1 aliphatic heterocycles. The minimum absolute atomic E-state index is 0.0755. The van der Waals surface area contributed by atoms with Gasteiger partial charge in [-0.2, -0.15) is 0 Å². The van der Waals surface area contributed by atoms with Crippen LogP contribution < -0.4 is 0 Å². The number of carbonyl (C=O) groups is 1. The molecule has 0 aromatic heterocycles. The highest BCUT2D eigenvalue weighted by molar-refractivity contribution is 6.27. The largest absolute Gasteiger partial charge is 0.384 e. The zero-order valence-electron chi connectivity index (χ0n) is 9.88. The summed E-state index contributed by atoms with van der Waals surface area (Å²) in [5, 5.41) is 0. The second-order valence-electron chi connectivity index (χ2n) is 5.15. The number of ether oxygens (including phenoxy) is 1. The van der Waals surface area contributed by atoms with Crippen LogP contribution in [0.5, 0.6) is 0 Å². The van der Waals surface area contributed by atoms with Gasteiger partial charge in [-0.25, -0.2) is 0 Å². The normalized spacial score (nSPS) is 33.9. The van der Waals surface area contributed by atoms with E-state index < -0.39 is 0 Å². The SMILES string of the molecule is COC[C@]12CCCC[C@@H]1CN(C(=O)CCl)C2. The summed E-state index contributed by atoms with van der Waals surface area (Å²) in [6, 6.07) is 0. The topological polar surface area (TPSA) is 29.5 Å². The Kier molecular flexibility index (Phi) is 3.75. The molecule has 0 bridgehead atoms. The third kappa shape index (κ3) is 2.07. The first kappa shape index (κ1) is 12.2. The smallest absolute Gasteiger partial charge is 0.237 e. The Bertz CT molecular complexity index is 268. The summed E-state index contributed by atoms with van der Waals surface area (Å²) >= 11 is 5.63. The van der Waals surface area contributed by atoms with Crippen LogP contribution in [-0.4, -0.2) is 43.5 Å². The van der Waals surface area contributed by atoms with E-state index in [0.717, 1.165) is 19.7 Å². The van der Waals surface area contributed by atoms with Gasteiger partial charge in [-0.15, -0.1) is 11.6 Å². The summed E-state index contributed by atoms with van der Waals surface area (Å²) in [5.41, 5.74) is 0.217. The molecule has 0 spiro atoms. The molecule has 4 heteroatoms. The number of amides is 1. The number of hydrogen-bond acceptors (Lipinski definition) is 2. The van der Waals surface area contributed by atoms with Crippen LogP contribution in [-0.2, 0) is 9.53 Å². The van der Waals surface area contributed by atoms with Crippen LogP contribution >= 0.6 is 11.6 Å². The highest BCUT2D eigenvalue weighted by atomic mass is 35.5. The van der Waals surface area contributed by atoms with Crippen LogP contribution in [0, 0.1) is 11.3 Å². The second kappa shape index (κ2) is 4.92. The van der Waals surface area contributed by atoms with Crippen molar-refractivity contribution in [3.8, 4) is 0 Å². The van der Waals surface area contributed by atoms with Gasteiger partial charge in [-0.05, 0) is 18.8 Å². The van der Waals surface area contributed by atoms with Crippen molar-refractivity contribution < 1.29 is 9.53 Å². The quantitative estimate of drug-likeness (QED) is 0.711. The summed E-state index contributed by atoms with van der Waals surface area (Å²) in [6.07, 6.45) is 4.98. The molecule has 2 fully saturated rings. The monoisotopic (exact) mass is 245 g/mol. The Morgan fingerprint density at radius 2 is 2.38 bits per heavy atom. The number of rotatable bonds is 3. The van der Waals surface area contributed by atoms with Crippen LogP contribution in [0.3, 0.4) is 0 Å². The summed E-state index contributed by atoms with van der Waals surface area (Å²) in [7, 11) is 1.76. The lowest BCUT2D eigenvalue weighted by Gasteiger charge is -2.37. The lowest BCUT2D eigenvalue weighted by Crippen LogP contribution is -2.38. The Labute approximate surface area is 102 Å². The van der Waals surface area contributed by atoms with Crippen LogP contribution in [0.1, 0.15) is 25.7 Å². The van der Waals surface area contributed by atoms with Gasteiger partial charge in [0, 0.05) is 25.6 Å². The number of halogens is 1. The van der Waals surface area contributed by atoms with Gasteiger partial charge in [-0.1, -0.05) is 12.8 Å². The lowest BCUT2D eigenvalue weighted by atomic mass is 9.69. The van der Waals surface area contributed by atoms with Gasteiger partial charge in [0.15, 0.2) is 0 Å². The van der Waals surface area contributed by atoms with Gasteiger partial charge < -0.3 is 9.64 Å². The van der Waals surface area contributed by atoms with E-state index >= 15 is 0 Å². The summed E-state index contributed by atoms with van der Waals surface area (Å²) in [6.45, 7) is 2.51. The van der Waals surface area contributed by atoms with Crippen LogP contribution in [0.25, 0.3) is 0 Å². The average molecular weight is 246 g/mol. The summed E-state index contributed by atoms with van der Waals surface area (Å²) in [5.74, 6) is 0.801. The molecule has 1 saturated carbocycles. The van der Waals surface area contributed by atoms with E-state index in [9.17, 15) is 4.79 Å². The standard InChI is InChI=1S/C12H20ClNO2/c1-16-9-12-5-3-2-4-10(12)7-14(8-12)11(15)6-13/h10H,2-9H2,1H3/t10-,12-/m1/s1. The number of alkyl halides is 1. The van der Waals surface area contributed by atoms with Gasteiger partial charge in [0.2, 0.25) is 5.91 Å². The Balaban J connectivity index is 2.10. The fraction of sp³-hybridized carbons (Fsp3) is 0.917. The number of likely N-dealkylation sites (tertiary alicyclic amines) is 1. The molecule has 1 amide bonds. The molecule has 92 valence electrons. The van der Waals surface area contributed by atoms with E-state index in [1.54, 1.807) is 7.11 Å². The van der Waals surface area contributed by atoms with Crippen LogP contribution in [0.4, 0.5) is 0 Å². The first-order valence-corrected chi connectivity index (χ1v) is 6.58. The Morgan fingerprint density at radius 3 is 3.06 bits per heavy atom. The van der Waals surface area contributed by atoms with Crippen molar-refractivity contribution >= 4 is 17.5 Å². The first-order valence-electron chi connectivity index (χ1n) is 6.04. The highest BCUT2D eigenvalue weighted by Crippen LogP contribution is 2.46. The fourth-order valence-corrected chi connectivity index (χ4v) is 3.55. The number of hydrogen-bond donors (Lipinski definition) is 0. The average Bonchev–Trinajstić information content (AvgIpc) is 2.67. The molecular formula is C12H20ClNO2. The molecule has 2 aliphatic rings. The van der Waals surface area contributed by atoms with E-state index in [0.29, 0.717) is 5.92 Å². The number of nitrogens with zero attached hydrogens (tertiary/aromatic N) is 1. The maximum absolute atomic E-state index is 11.7. The molecule has 1 saturated heterocycles. The van der Waals surface area contributed by atoms with E-state index in [1.807, 2.05) is 4.90 Å². The molecule has 0 unspecified atom stereocenters. The molecular weight excluding hydrogens is 226 g/mol. The van der Waals surface area contributed by atoms with E-state index in [2.05, 4.69) is 0 Å². The van der Waals surface area contributed by atoms with Crippen molar-refractivity contribution in [3.63, 3.8) is 0 Å². The first-order chi connectivity index (χ1) is 7.72. The zero-order chi connectivity index (χ0) is 11.6. The molecule has 0 aromatic rings. The van der Waals surface area contributed by atoms with Gasteiger partial charge in [0.05, 0.1) is 6.61 Å². The minimum Gasteiger partial charge on any atom is -0.384 e. The maximum atomic E-state index is 11.7. The van der Waals surface area contributed by atoms with Gasteiger partial charge in [0.1, 0.15) is 5.88 Å². The van der Waals surface area contributed by atoms with E-state index in [1.165, 1.54) is 25.7 Å².